The molecule has 0 amide bonds. The zero-order chi connectivity index (χ0) is 13.7. The average molecular weight is 265 g/mol. The number of benzene rings is 1. The largest absolute Gasteiger partial charge is 0.369 e. The van der Waals surface area contributed by atoms with Crippen LogP contribution in [0.5, 0.6) is 0 Å². The Kier molecular flexibility index (Phi) is 5.16. The lowest BCUT2D eigenvalue weighted by Gasteiger charge is -2.37. The van der Waals surface area contributed by atoms with Crippen molar-refractivity contribution in [1.82, 2.24) is 4.90 Å². The Balaban J connectivity index is 1.80. The van der Waals surface area contributed by atoms with E-state index in [1.54, 1.807) is 0 Å². The van der Waals surface area contributed by atoms with Gasteiger partial charge in [-0.2, -0.15) is 0 Å². The van der Waals surface area contributed by atoms with E-state index < -0.39 is 0 Å². The molecular weight excluding hydrogens is 241 g/mol. The standard InChI is InChI=1S/C15H24FN3/c1-2-3-14(17)12-18-8-10-19(11-9-18)15-6-4-13(16)5-7-15/h4-7,14H,2-3,8-12,17H2,1H3. The summed E-state index contributed by atoms with van der Waals surface area (Å²) in [6, 6.07) is 7.06. The van der Waals surface area contributed by atoms with E-state index in [0.29, 0.717) is 6.04 Å². The van der Waals surface area contributed by atoms with Crippen molar-refractivity contribution < 1.29 is 4.39 Å². The van der Waals surface area contributed by atoms with Gasteiger partial charge in [0, 0.05) is 44.5 Å². The normalized spacial score (nSPS) is 18.6. The van der Waals surface area contributed by atoms with Crippen molar-refractivity contribution >= 4 is 5.69 Å². The molecule has 1 heterocycles. The highest BCUT2D eigenvalue weighted by Gasteiger charge is 2.18. The highest BCUT2D eigenvalue weighted by Crippen LogP contribution is 2.17. The maximum atomic E-state index is 12.9. The van der Waals surface area contributed by atoms with Crippen LogP contribution < -0.4 is 10.6 Å². The zero-order valence-electron chi connectivity index (χ0n) is 11.7. The fourth-order valence-corrected chi connectivity index (χ4v) is 2.63. The number of nitrogens with two attached hydrogens (primary N) is 1. The minimum atomic E-state index is -0.173. The fourth-order valence-electron chi connectivity index (χ4n) is 2.63. The SMILES string of the molecule is CCCC(N)CN1CCN(c2ccc(F)cc2)CC1. The van der Waals surface area contributed by atoms with Gasteiger partial charge >= 0.3 is 0 Å². The highest BCUT2D eigenvalue weighted by atomic mass is 19.1. The quantitative estimate of drug-likeness (QED) is 0.884. The summed E-state index contributed by atoms with van der Waals surface area (Å²) in [5.41, 5.74) is 7.19. The fraction of sp³-hybridized carbons (Fsp3) is 0.600. The van der Waals surface area contributed by atoms with Crippen molar-refractivity contribution in [2.45, 2.75) is 25.8 Å². The molecule has 0 radical (unpaired) electrons. The molecule has 1 aromatic rings. The number of hydrogen-bond donors (Lipinski definition) is 1. The first-order valence-electron chi connectivity index (χ1n) is 7.17. The average Bonchev–Trinajstić information content (AvgIpc) is 2.41. The molecule has 19 heavy (non-hydrogen) atoms. The van der Waals surface area contributed by atoms with Crippen LogP contribution >= 0.6 is 0 Å². The van der Waals surface area contributed by atoms with Crippen LogP contribution in [0.1, 0.15) is 19.8 Å². The van der Waals surface area contributed by atoms with Crippen molar-refractivity contribution in [2.24, 2.45) is 5.73 Å². The summed E-state index contributed by atoms with van der Waals surface area (Å²) in [4.78, 5) is 4.74. The van der Waals surface area contributed by atoms with Crippen LogP contribution in [0.15, 0.2) is 24.3 Å². The third-order valence-electron chi connectivity index (χ3n) is 3.72. The summed E-state index contributed by atoms with van der Waals surface area (Å²) >= 11 is 0. The van der Waals surface area contributed by atoms with Gasteiger partial charge in [-0.05, 0) is 30.7 Å². The number of rotatable bonds is 5. The van der Waals surface area contributed by atoms with Crippen LogP contribution in [-0.4, -0.2) is 43.7 Å². The van der Waals surface area contributed by atoms with E-state index in [1.165, 1.54) is 12.1 Å². The first kappa shape index (κ1) is 14.3. The van der Waals surface area contributed by atoms with E-state index in [2.05, 4.69) is 16.7 Å². The lowest BCUT2D eigenvalue weighted by atomic mass is 10.1. The van der Waals surface area contributed by atoms with Crippen molar-refractivity contribution in [3.63, 3.8) is 0 Å². The van der Waals surface area contributed by atoms with Gasteiger partial charge in [0.1, 0.15) is 5.82 Å². The van der Waals surface area contributed by atoms with E-state index in [0.717, 1.165) is 51.3 Å². The molecule has 1 aliphatic rings. The van der Waals surface area contributed by atoms with Crippen molar-refractivity contribution in [3.8, 4) is 0 Å². The van der Waals surface area contributed by atoms with Crippen LogP contribution in [-0.2, 0) is 0 Å². The Hall–Kier alpha value is -1.13. The van der Waals surface area contributed by atoms with Gasteiger partial charge in [-0.3, -0.25) is 4.90 Å². The summed E-state index contributed by atoms with van der Waals surface area (Å²) < 4.78 is 12.9. The third kappa shape index (κ3) is 4.18. The number of anilines is 1. The molecule has 0 bridgehead atoms. The first-order chi connectivity index (χ1) is 9.19. The van der Waals surface area contributed by atoms with Gasteiger partial charge in [-0.25, -0.2) is 4.39 Å². The van der Waals surface area contributed by atoms with Gasteiger partial charge in [0.25, 0.3) is 0 Å². The summed E-state index contributed by atoms with van der Waals surface area (Å²) in [6.07, 6.45) is 2.24. The Morgan fingerprint density at radius 3 is 2.37 bits per heavy atom. The van der Waals surface area contributed by atoms with Gasteiger partial charge in [0.2, 0.25) is 0 Å². The molecule has 2 rings (SSSR count). The molecule has 2 N–H and O–H groups in total. The molecule has 0 spiro atoms. The molecule has 3 nitrogen and oxygen atoms in total. The maximum Gasteiger partial charge on any atom is 0.123 e. The Morgan fingerprint density at radius 2 is 1.79 bits per heavy atom. The van der Waals surface area contributed by atoms with E-state index in [9.17, 15) is 4.39 Å². The monoisotopic (exact) mass is 265 g/mol. The minimum absolute atomic E-state index is 0.173. The molecule has 1 unspecified atom stereocenters. The number of halogens is 1. The summed E-state index contributed by atoms with van der Waals surface area (Å²) in [5.74, 6) is -0.173. The maximum absolute atomic E-state index is 12.9. The molecule has 1 aliphatic heterocycles. The van der Waals surface area contributed by atoms with Crippen molar-refractivity contribution in [3.05, 3.63) is 30.1 Å². The molecular formula is C15H24FN3. The molecule has 4 heteroatoms. The molecule has 0 saturated carbocycles. The Morgan fingerprint density at radius 1 is 1.16 bits per heavy atom. The van der Waals surface area contributed by atoms with Crippen LogP contribution in [0.3, 0.4) is 0 Å². The molecule has 1 aromatic carbocycles. The Labute approximate surface area is 115 Å². The van der Waals surface area contributed by atoms with E-state index in [4.69, 9.17) is 5.73 Å². The second kappa shape index (κ2) is 6.87. The summed E-state index contributed by atoms with van der Waals surface area (Å²) in [5, 5.41) is 0. The van der Waals surface area contributed by atoms with Crippen molar-refractivity contribution in [1.29, 1.82) is 0 Å². The van der Waals surface area contributed by atoms with E-state index in [1.807, 2.05) is 12.1 Å². The second-order valence-corrected chi connectivity index (χ2v) is 5.31. The molecule has 0 aromatic heterocycles. The third-order valence-corrected chi connectivity index (χ3v) is 3.72. The number of hydrogen-bond acceptors (Lipinski definition) is 3. The van der Waals surface area contributed by atoms with Crippen LogP contribution in [0.4, 0.5) is 10.1 Å². The van der Waals surface area contributed by atoms with Gasteiger partial charge in [-0.1, -0.05) is 13.3 Å². The highest BCUT2D eigenvalue weighted by molar-refractivity contribution is 5.46. The lowest BCUT2D eigenvalue weighted by molar-refractivity contribution is 0.238. The summed E-state index contributed by atoms with van der Waals surface area (Å²) in [6.45, 7) is 7.22. The Bertz CT molecular complexity index is 371. The van der Waals surface area contributed by atoms with Crippen LogP contribution in [0.25, 0.3) is 0 Å². The van der Waals surface area contributed by atoms with Gasteiger partial charge in [-0.15, -0.1) is 0 Å². The zero-order valence-corrected chi connectivity index (χ0v) is 11.7. The van der Waals surface area contributed by atoms with Gasteiger partial charge in [0.05, 0.1) is 0 Å². The van der Waals surface area contributed by atoms with Crippen LogP contribution in [0, 0.1) is 5.82 Å². The molecule has 0 aliphatic carbocycles. The number of piperazine rings is 1. The second-order valence-electron chi connectivity index (χ2n) is 5.31. The van der Waals surface area contributed by atoms with Gasteiger partial charge in [0.15, 0.2) is 0 Å². The summed E-state index contributed by atoms with van der Waals surface area (Å²) in [7, 11) is 0. The molecule has 1 fully saturated rings. The lowest BCUT2D eigenvalue weighted by Crippen LogP contribution is -2.49. The number of nitrogens with zero attached hydrogens (tertiary/aromatic N) is 2. The predicted molar refractivity (Wildman–Crippen MR) is 77.9 cm³/mol. The topological polar surface area (TPSA) is 32.5 Å². The molecule has 1 saturated heterocycles. The van der Waals surface area contributed by atoms with E-state index >= 15 is 0 Å². The first-order valence-corrected chi connectivity index (χ1v) is 7.17. The van der Waals surface area contributed by atoms with Crippen molar-refractivity contribution in [2.75, 3.05) is 37.6 Å². The predicted octanol–water partition coefficient (Wildman–Crippen LogP) is 2.08. The minimum Gasteiger partial charge on any atom is -0.369 e. The molecule has 1 atom stereocenters. The molecule has 106 valence electrons. The van der Waals surface area contributed by atoms with E-state index in [-0.39, 0.29) is 5.82 Å². The van der Waals surface area contributed by atoms with Gasteiger partial charge < -0.3 is 10.6 Å². The van der Waals surface area contributed by atoms with Crippen LogP contribution in [0.2, 0.25) is 0 Å². The smallest absolute Gasteiger partial charge is 0.123 e.